The zero-order valence-electron chi connectivity index (χ0n) is 11.2. The number of nitro groups is 1. The maximum Gasteiger partial charge on any atom is 0.358 e. The Balaban J connectivity index is 1.98. The molecule has 1 heterocycles. The number of nitrogens with one attached hydrogen (secondary N) is 1. The summed E-state index contributed by atoms with van der Waals surface area (Å²) in [4.78, 5) is 21.1. The first-order chi connectivity index (χ1) is 9.99. The number of carboxylic acids is 1. The van der Waals surface area contributed by atoms with Gasteiger partial charge in [-0.3, -0.25) is 10.1 Å². The van der Waals surface area contributed by atoms with E-state index in [1.54, 1.807) is 19.1 Å². The van der Waals surface area contributed by atoms with Gasteiger partial charge in [-0.25, -0.2) is 4.79 Å². The molecule has 110 valence electrons. The van der Waals surface area contributed by atoms with Gasteiger partial charge in [0.1, 0.15) is 0 Å². The summed E-state index contributed by atoms with van der Waals surface area (Å²) in [5.74, 6) is -0.769. The van der Waals surface area contributed by atoms with Gasteiger partial charge >= 0.3 is 5.97 Å². The van der Waals surface area contributed by atoms with E-state index in [0.717, 1.165) is 5.56 Å². The van der Waals surface area contributed by atoms with Crippen molar-refractivity contribution in [1.29, 1.82) is 0 Å². The molecule has 2 N–H and O–H groups in total. The van der Waals surface area contributed by atoms with Gasteiger partial charge in [0.05, 0.1) is 11.5 Å². The number of benzene rings is 1. The van der Waals surface area contributed by atoms with Crippen molar-refractivity contribution >= 4 is 11.7 Å². The standard InChI is InChI=1S/C13H13N3O5/c1-8-9(3-2-4-12(8)16(19)20)6-14-7-10-5-11(13(17)18)15-21-10/h2-5,14H,6-7H2,1H3,(H,17,18). The Kier molecular flexibility index (Phi) is 4.29. The molecule has 1 aromatic heterocycles. The van der Waals surface area contributed by atoms with E-state index in [0.29, 0.717) is 17.9 Å². The molecule has 0 saturated carbocycles. The quantitative estimate of drug-likeness (QED) is 0.616. The average Bonchev–Trinajstić information content (AvgIpc) is 2.89. The van der Waals surface area contributed by atoms with E-state index in [4.69, 9.17) is 9.63 Å². The summed E-state index contributed by atoms with van der Waals surface area (Å²) in [5.41, 5.74) is 1.31. The molecule has 0 saturated heterocycles. The van der Waals surface area contributed by atoms with Crippen molar-refractivity contribution in [3.8, 4) is 0 Å². The van der Waals surface area contributed by atoms with Crippen LogP contribution in [0.5, 0.6) is 0 Å². The Morgan fingerprint density at radius 1 is 1.48 bits per heavy atom. The van der Waals surface area contributed by atoms with E-state index in [9.17, 15) is 14.9 Å². The van der Waals surface area contributed by atoms with Crippen LogP contribution in [0.1, 0.15) is 27.4 Å². The van der Waals surface area contributed by atoms with Crippen LogP contribution in [0.25, 0.3) is 0 Å². The first-order valence-electron chi connectivity index (χ1n) is 6.11. The van der Waals surface area contributed by atoms with Crippen LogP contribution in [0.2, 0.25) is 0 Å². The van der Waals surface area contributed by atoms with Crippen LogP contribution in [0.4, 0.5) is 5.69 Å². The topological polar surface area (TPSA) is 118 Å². The Hall–Kier alpha value is -2.74. The lowest BCUT2D eigenvalue weighted by molar-refractivity contribution is -0.385. The zero-order valence-corrected chi connectivity index (χ0v) is 11.2. The lowest BCUT2D eigenvalue weighted by Crippen LogP contribution is -2.13. The van der Waals surface area contributed by atoms with Crippen molar-refractivity contribution in [2.24, 2.45) is 0 Å². The third kappa shape index (κ3) is 3.42. The Morgan fingerprint density at radius 2 is 2.24 bits per heavy atom. The number of carbonyl (C=O) groups is 1. The number of nitro benzene ring substituents is 1. The summed E-state index contributed by atoms with van der Waals surface area (Å²) < 4.78 is 4.85. The van der Waals surface area contributed by atoms with Gasteiger partial charge in [0.15, 0.2) is 11.5 Å². The highest BCUT2D eigenvalue weighted by atomic mass is 16.6. The van der Waals surface area contributed by atoms with E-state index in [2.05, 4.69) is 10.5 Å². The van der Waals surface area contributed by atoms with Crippen molar-refractivity contribution in [2.45, 2.75) is 20.0 Å². The van der Waals surface area contributed by atoms with Crippen LogP contribution in [0.15, 0.2) is 28.8 Å². The van der Waals surface area contributed by atoms with Crippen molar-refractivity contribution in [1.82, 2.24) is 10.5 Å². The van der Waals surface area contributed by atoms with Crippen LogP contribution < -0.4 is 5.32 Å². The minimum absolute atomic E-state index is 0.0714. The molecule has 0 radical (unpaired) electrons. The third-order valence-electron chi connectivity index (χ3n) is 3.01. The van der Waals surface area contributed by atoms with Gasteiger partial charge in [-0.2, -0.15) is 0 Å². The molecule has 0 aliphatic rings. The van der Waals surface area contributed by atoms with Gasteiger partial charge in [0.25, 0.3) is 5.69 Å². The summed E-state index contributed by atoms with van der Waals surface area (Å²) in [6, 6.07) is 6.20. The van der Waals surface area contributed by atoms with Crippen LogP contribution in [0.3, 0.4) is 0 Å². The lowest BCUT2D eigenvalue weighted by Gasteiger charge is -2.06. The van der Waals surface area contributed by atoms with E-state index in [1.807, 2.05) is 0 Å². The van der Waals surface area contributed by atoms with Crippen LogP contribution in [-0.2, 0) is 13.1 Å². The predicted octanol–water partition coefficient (Wildman–Crippen LogP) is 1.88. The molecule has 0 unspecified atom stereocenters. The molecule has 21 heavy (non-hydrogen) atoms. The fourth-order valence-corrected chi connectivity index (χ4v) is 1.88. The molecule has 0 fully saturated rings. The molecular weight excluding hydrogens is 278 g/mol. The van der Waals surface area contributed by atoms with Gasteiger partial charge in [0, 0.05) is 24.2 Å². The predicted molar refractivity (Wildman–Crippen MR) is 71.8 cm³/mol. The number of carboxylic acid groups (broad SMARTS) is 1. The number of hydrogen-bond donors (Lipinski definition) is 2. The van der Waals surface area contributed by atoms with Crippen LogP contribution in [-0.4, -0.2) is 21.2 Å². The van der Waals surface area contributed by atoms with Gasteiger partial charge in [0.2, 0.25) is 0 Å². The van der Waals surface area contributed by atoms with E-state index in [1.165, 1.54) is 12.1 Å². The fraction of sp³-hybridized carbons (Fsp3) is 0.231. The second-order valence-electron chi connectivity index (χ2n) is 4.41. The minimum atomic E-state index is -1.15. The van der Waals surface area contributed by atoms with E-state index < -0.39 is 10.9 Å². The molecule has 1 aromatic carbocycles. The highest BCUT2D eigenvalue weighted by molar-refractivity contribution is 5.85. The molecular formula is C13H13N3O5. The van der Waals surface area contributed by atoms with E-state index >= 15 is 0 Å². The average molecular weight is 291 g/mol. The molecule has 0 spiro atoms. The van der Waals surface area contributed by atoms with Crippen molar-refractivity contribution in [3.05, 3.63) is 57.0 Å². The summed E-state index contributed by atoms with van der Waals surface area (Å²) in [6.07, 6.45) is 0. The summed E-state index contributed by atoms with van der Waals surface area (Å²) in [5, 5.41) is 26.0. The first kappa shape index (κ1) is 14.7. The summed E-state index contributed by atoms with van der Waals surface area (Å²) in [6.45, 7) is 2.37. The van der Waals surface area contributed by atoms with Gasteiger partial charge < -0.3 is 14.9 Å². The zero-order chi connectivity index (χ0) is 15.4. The largest absolute Gasteiger partial charge is 0.476 e. The van der Waals surface area contributed by atoms with Gasteiger partial charge in [-0.15, -0.1) is 0 Å². The lowest BCUT2D eigenvalue weighted by atomic mass is 10.1. The molecule has 0 aliphatic carbocycles. The molecule has 0 amide bonds. The Bertz CT molecular complexity index is 680. The number of aromatic nitrogens is 1. The fourth-order valence-electron chi connectivity index (χ4n) is 1.88. The number of aromatic carboxylic acids is 1. The highest BCUT2D eigenvalue weighted by Crippen LogP contribution is 2.20. The number of rotatable bonds is 6. The second kappa shape index (κ2) is 6.14. The third-order valence-corrected chi connectivity index (χ3v) is 3.01. The maximum absolute atomic E-state index is 10.8. The van der Waals surface area contributed by atoms with Crippen molar-refractivity contribution in [3.63, 3.8) is 0 Å². The molecule has 0 atom stereocenters. The van der Waals surface area contributed by atoms with E-state index in [-0.39, 0.29) is 17.9 Å². The highest BCUT2D eigenvalue weighted by Gasteiger charge is 2.13. The molecule has 0 bridgehead atoms. The molecule has 2 rings (SSSR count). The van der Waals surface area contributed by atoms with Crippen LogP contribution in [0, 0.1) is 17.0 Å². The molecule has 8 heteroatoms. The summed E-state index contributed by atoms with van der Waals surface area (Å²) >= 11 is 0. The molecule has 8 nitrogen and oxygen atoms in total. The van der Waals surface area contributed by atoms with Crippen LogP contribution >= 0.6 is 0 Å². The Labute approximate surface area is 119 Å². The SMILES string of the molecule is Cc1c(CNCc2cc(C(=O)O)no2)cccc1[N+](=O)[O-]. The smallest absolute Gasteiger partial charge is 0.358 e. The minimum Gasteiger partial charge on any atom is -0.476 e. The van der Waals surface area contributed by atoms with Crippen molar-refractivity contribution < 1.29 is 19.3 Å². The normalized spacial score (nSPS) is 10.5. The van der Waals surface area contributed by atoms with Gasteiger partial charge in [-0.1, -0.05) is 17.3 Å². The first-order valence-corrected chi connectivity index (χ1v) is 6.11. The summed E-state index contributed by atoms with van der Waals surface area (Å²) in [7, 11) is 0. The van der Waals surface area contributed by atoms with Gasteiger partial charge in [-0.05, 0) is 12.5 Å². The number of nitrogens with zero attached hydrogens (tertiary/aromatic N) is 2. The monoisotopic (exact) mass is 291 g/mol. The number of hydrogen-bond acceptors (Lipinski definition) is 6. The van der Waals surface area contributed by atoms with Crippen molar-refractivity contribution in [2.75, 3.05) is 0 Å². The molecule has 2 aromatic rings. The molecule has 0 aliphatic heterocycles. The maximum atomic E-state index is 10.8. The second-order valence-corrected chi connectivity index (χ2v) is 4.41. The Morgan fingerprint density at radius 3 is 2.86 bits per heavy atom.